The number of hydrogen-bond acceptors (Lipinski definition) is 8. The van der Waals surface area contributed by atoms with Crippen LogP contribution in [0.4, 0.5) is 0 Å². The summed E-state index contributed by atoms with van der Waals surface area (Å²) >= 11 is 1.98. The summed E-state index contributed by atoms with van der Waals surface area (Å²) in [7, 11) is -4.10. The first kappa shape index (κ1) is 24.5. The Labute approximate surface area is 162 Å². The van der Waals surface area contributed by atoms with Crippen LogP contribution in [0.25, 0.3) is 0 Å². The lowest BCUT2D eigenvalue weighted by Gasteiger charge is -2.29. The number of carbonyl (C=O) groups excluding carboxylic acids is 3. The van der Waals surface area contributed by atoms with Crippen molar-refractivity contribution in [2.24, 2.45) is 5.41 Å². The molecule has 25 heavy (non-hydrogen) atoms. The molecule has 0 aromatic rings. The van der Waals surface area contributed by atoms with Crippen LogP contribution in [0.2, 0.25) is 0 Å². The molecule has 0 aliphatic heterocycles. The van der Waals surface area contributed by atoms with Crippen LogP contribution in [0.5, 0.6) is 0 Å². The molecule has 0 aliphatic carbocycles. The van der Waals surface area contributed by atoms with Crippen LogP contribution in [0.1, 0.15) is 40.5 Å². The van der Waals surface area contributed by atoms with Gasteiger partial charge in [0.05, 0.1) is 26.4 Å². The van der Waals surface area contributed by atoms with Crippen molar-refractivity contribution in [2.45, 2.75) is 40.5 Å². The normalized spacial score (nSPS) is 11.9. The van der Waals surface area contributed by atoms with E-state index in [4.69, 9.17) is 18.5 Å². The van der Waals surface area contributed by atoms with Crippen LogP contribution < -0.4 is 0 Å². The van der Waals surface area contributed by atoms with Crippen LogP contribution in [0, 0.1) is 5.41 Å². The zero-order valence-electron chi connectivity index (χ0n) is 15.0. The summed E-state index contributed by atoms with van der Waals surface area (Å²) in [5, 5.41) is 0. The summed E-state index contributed by atoms with van der Waals surface area (Å²) in [6.07, 6.45) is -0.653. The van der Waals surface area contributed by atoms with E-state index in [1.807, 2.05) is 22.6 Å². The Morgan fingerprint density at radius 3 is 1.64 bits per heavy atom. The van der Waals surface area contributed by atoms with Gasteiger partial charge in [-0.15, -0.1) is 0 Å². The van der Waals surface area contributed by atoms with Crippen molar-refractivity contribution in [2.75, 3.05) is 30.9 Å². The highest BCUT2D eigenvalue weighted by atomic mass is 127. The Hall–Kier alpha value is -0.510. The number of carbonyl (C=O) groups is 3. The van der Waals surface area contributed by atoms with Gasteiger partial charge in [0.2, 0.25) is 5.52 Å². The van der Waals surface area contributed by atoms with E-state index < -0.39 is 36.9 Å². The summed E-state index contributed by atoms with van der Waals surface area (Å²) in [5.74, 6) is -1.75. The number of halogens is 1. The molecule has 0 aliphatic rings. The first-order valence-corrected chi connectivity index (χ1v) is 11.2. The molecule has 0 saturated heterocycles. The highest BCUT2D eigenvalue weighted by Crippen LogP contribution is 2.52. The molecular weight excluding hydrogens is 466 g/mol. The highest BCUT2D eigenvalue weighted by molar-refractivity contribution is 14.1. The fourth-order valence-electron chi connectivity index (χ4n) is 2.10. The molecule has 0 aromatic heterocycles. The van der Waals surface area contributed by atoms with Crippen LogP contribution >= 0.6 is 30.2 Å². The van der Waals surface area contributed by atoms with Crippen molar-refractivity contribution in [3.05, 3.63) is 0 Å². The second kappa shape index (κ2) is 12.0. The molecule has 146 valence electrons. The van der Waals surface area contributed by atoms with Gasteiger partial charge in [-0.1, -0.05) is 22.6 Å². The molecule has 0 saturated carbocycles. The third kappa shape index (κ3) is 6.62. The average Bonchev–Trinajstić information content (AvgIpc) is 2.55. The molecule has 0 heterocycles. The number of alkyl halides is 1. The minimum absolute atomic E-state index is 0.00914. The lowest BCUT2D eigenvalue weighted by atomic mass is 9.82. The number of hydrogen-bond donors (Lipinski definition) is 0. The molecular formula is C15H26IO8P. The van der Waals surface area contributed by atoms with Gasteiger partial charge in [0, 0.05) is 10.8 Å². The lowest BCUT2D eigenvalue weighted by molar-refractivity contribution is -0.173. The summed E-state index contributed by atoms with van der Waals surface area (Å²) in [5.41, 5.74) is -2.81. The maximum atomic E-state index is 12.7. The van der Waals surface area contributed by atoms with E-state index in [0.29, 0.717) is 4.43 Å². The van der Waals surface area contributed by atoms with Gasteiger partial charge in [0.15, 0.2) is 5.41 Å². The summed E-state index contributed by atoms with van der Waals surface area (Å²) in [4.78, 5) is 37.6. The first-order chi connectivity index (χ1) is 11.8. The molecule has 8 nitrogen and oxygen atoms in total. The van der Waals surface area contributed by atoms with Crippen LogP contribution in [0.15, 0.2) is 0 Å². The van der Waals surface area contributed by atoms with Crippen LogP contribution in [0.3, 0.4) is 0 Å². The maximum Gasteiger partial charge on any atom is 0.396 e. The Bertz CT molecular complexity index is 480. The quantitative estimate of drug-likeness (QED) is 0.127. The highest BCUT2D eigenvalue weighted by Gasteiger charge is 2.53. The molecule has 0 spiro atoms. The van der Waals surface area contributed by atoms with Crippen LogP contribution in [-0.4, -0.2) is 48.3 Å². The minimum Gasteiger partial charge on any atom is -0.465 e. The topological polar surface area (TPSA) is 105 Å². The fourth-order valence-corrected chi connectivity index (χ4v) is 4.52. The van der Waals surface area contributed by atoms with E-state index in [1.54, 1.807) is 27.7 Å². The second-order valence-corrected chi connectivity index (χ2v) is 7.95. The van der Waals surface area contributed by atoms with Crippen molar-refractivity contribution < 1.29 is 37.5 Å². The smallest absolute Gasteiger partial charge is 0.396 e. The zero-order valence-corrected chi connectivity index (χ0v) is 18.1. The Morgan fingerprint density at radius 1 is 0.880 bits per heavy atom. The molecule has 0 radical (unpaired) electrons. The summed E-state index contributed by atoms with van der Waals surface area (Å²) < 4.78 is 33.1. The van der Waals surface area contributed by atoms with Gasteiger partial charge in [-0.25, -0.2) is 0 Å². The number of esters is 2. The largest absolute Gasteiger partial charge is 0.465 e. The Kier molecular flexibility index (Phi) is 11.7. The van der Waals surface area contributed by atoms with Gasteiger partial charge in [0.25, 0.3) is 0 Å². The van der Waals surface area contributed by atoms with Crippen molar-refractivity contribution in [3.8, 4) is 0 Å². The van der Waals surface area contributed by atoms with Crippen molar-refractivity contribution in [3.63, 3.8) is 0 Å². The summed E-state index contributed by atoms with van der Waals surface area (Å²) in [6, 6.07) is 0. The van der Waals surface area contributed by atoms with Gasteiger partial charge in [-0.2, -0.15) is 0 Å². The van der Waals surface area contributed by atoms with E-state index in [-0.39, 0.29) is 32.8 Å². The van der Waals surface area contributed by atoms with E-state index in [0.717, 1.165) is 0 Å². The van der Waals surface area contributed by atoms with E-state index >= 15 is 0 Å². The van der Waals surface area contributed by atoms with Crippen molar-refractivity contribution in [1.82, 2.24) is 0 Å². The van der Waals surface area contributed by atoms with E-state index in [9.17, 15) is 18.9 Å². The molecule has 10 heteroatoms. The van der Waals surface area contributed by atoms with Gasteiger partial charge in [-0.05, 0) is 34.1 Å². The van der Waals surface area contributed by atoms with Crippen LogP contribution in [-0.2, 0) is 37.5 Å². The molecule has 0 atom stereocenters. The number of rotatable bonds is 13. The SMILES string of the molecule is CCOC(=O)C(CCI)(CC(=O)P(=O)(OCC)OCC)C(=O)OCC. The third-order valence-electron chi connectivity index (χ3n) is 3.21. The first-order valence-electron chi connectivity index (χ1n) is 8.10. The molecule has 0 unspecified atom stereocenters. The standard InChI is InChI=1S/C15H26IO8P/c1-5-21-13(18)15(9-10-16,14(19)22-6-2)11-12(17)25(20,23-7-3)24-8-4/h5-11H2,1-4H3. The fraction of sp³-hybridized carbons (Fsp3) is 0.800. The Morgan fingerprint density at radius 2 is 1.32 bits per heavy atom. The monoisotopic (exact) mass is 492 g/mol. The van der Waals surface area contributed by atoms with Gasteiger partial charge in [0.1, 0.15) is 0 Å². The third-order valence-corrected chi connectivity index (χ3v) is 5.71. The predicted molar refractivity (Wildman–Crippen MR) is 99.7 cm³/mol. The lowest BCUT2D eigenvalue weighted by Crippen LogP contribution is -2.44. The molecule has 0 aromatic carbocycles. The van der Waals surface area contributed by atoms with Gasteiger partial charge < -0.3 is 18.5 Å². The predicted octanol–water partition coefficient (Wildman–Crippen LogP) is 3.11. The zero-order chi connectivity index (χ0) is 19.5. The summed E-state index contributed by atoms with van der Waals surface area (Å²) in [6.45, 7) is 6.34. The average molecular weight is 492 g/mol. The molecule has 0 bridgehead atoms. The Balaban J connectivity index is 5.87. The molecule has 0 rings (SSSR count). The van der Waals surface area contributed by atoms with E-state index in [1.165, 1.54) is 0 Å². The molecule has 0 fully saturated rings. The van der Waals surface area contributed by atoms with E-state index in [2.05, 4.69) is 0 Å². The molecule has 0 amide bonds. The number of ether oxygens (including phenoxy) is 2. The maximum absolute atomic E-state index is 12.7. The van der Waals surface area contributed by atoms with Gasteiger partial charge in [-0.3, -0.25) is 18.9 Å². The molecule has 0 N–H and O–H groups in total. The van der Waals surface area contributed by atoms with Crippen molar-refractivity contribution in [1.29, 1.82) is 0 Å². The van der Waals surface area contributed by atoms with Gasteiger partial charge >= 0.3 is 19.5 Å². The second-order valence-electron chi connectivity index (χ2n) is 4.87. The minimum atomic E-state index is -4.10. The van der Waals surface area contributed by atoms with Crippen molar-refractivity contribution >= 4 is 47.6 Å².